The molecule has 4 atom stereocenters. The van der Waals surface area contributed by atoms with Gasteiger partial charge in [0.25, 0.3) is 0 Å². The molecule has 0 heterocycles. The highest BCUT2D eigenvalue weighted by Crippen LogP contribution is 2.31. The second-order valence-electron chi connectivity index (χ2n) is 12.5. The Hall–Kier alpha value is -5.08. The minimum absolute atomic E-state index is 0.0906. The van der Waals surface area contributed by atoms with Crippen molar-refractivity contribution in [3.05, 3.63) is 179 Å². The summed E-state index contributed by atoms with van der Waals surface area (Å²) in [4.78, 5) is 30.0. The quantitative estimate of drug-likeness (QED) is 0.111. The van der Waals surface area contributed by atoms with E-state index in [9.17, 15) is 9.59 Å². The molecule has 1 aliphatic rings. The first-order valence-electron chi connectivity index (χ1n) is 17.1. The summed E-state index contributed by atoms with van der Waals surface area (Å²) >= 11 is 0. The van der Waals surface area contributed by atoms with E-state index in [1.165, 1.54) is 0 Å². The molecule has 7 heteroatoms. The Morgan fingerprint density at radius 2 is 0.920 bits per heavy atom. The molecule has 6 rings (SSSR count). The third-order valence-corrected chi connectivity index (χ3v) is 8.88. The lowest BCUT2D eigenvalue weighted by atomic mass is 9.99. The van der Waals surface area contributed by atoms with Crippen molar-refractivity contribution in [2.75, 3.05) is 0 Å². The SMILES string of the molecule is O=C1CC[C@@H](N(Cc2ccccc2)C(=O)OCc2ccccc2)[C@H](OCc2ccccc2)[C@H](OCc2ccccc2)[C@@H]1OCc1ccccc1. The molecule has 0 N–H and O–H groups in total. The predicted molar refractivity (Wildman–Crippen MR) is 192 cm³/mol. The number of ketones is 1. The summed E-state index contributed by atoms with van der Waals surface area (Å²) in [5.74, 6) is -0.0906. The zero-order valence-electron chi connectivity index (χ0n) is 28.1. The fraction of sp³-hybridized carbons (Fsp3) is 0.256. The van der Waals surface area contributed by atoms with Gasteiger partial charge in [0.05, 0.1) is 25.9 Å². The number of carbonyl (C=O) groups excluding carboxylic acids is 2. The molecule has 1 fully saturated rings. The highest BCUT2D eigenvalue weighted by Gasteiger charge is 2.47. The number of nitrogens with zero attached hydrogens (tertiary/aromatic N) is 1. The zero-order chi connectivity index (χ0) is 34.4. The van der Waals surface area contributed by atoms with Crippen molar-refractivity contribution >= 4 is 11.9 Å². The standard InChI is InChI=1S/C43H43NO6/c45-39-27-26-38(44(28-33-16-6-1-7-17-33)43(46)50-32-37-24-14-5-15-25-37)40(47-29-34-18-8-2-9-19-34)42(49-31-36-22-12-4-13-23-36)41(39)48-30-35-20-10-3-11-21-35/h1-25,38,40-42H,26-32H2/t38-,40+,41-,42+/m1/s1. The van der Waals surface area contributed by atoms with Crippen LogP contribution >= 0.6 is 0 Å². The monoisotopic (exact) mass is 669 g/mol. The molecule has 0 spiro atoms. The molecule has 0 radical (unpaired) electrons. The minimum Gasteiger partial charge on any atom is -0.445 e. The maximum Gasteiger partial charge on any atom is 0.410 e. The maximum atomic E-state index is 14.2. The smallest absolute Gasteiger partial charge is 0.410 e. The molecule has 50 heavy (non-hydrogen) atoms. The van der Waals surface area contributed by atoms with Gasteiger partial charge in [-0.1, -0.05) is 152 Å². The Labute approximate surface area is 294 Å². The number of benzene rings is 5. The Morgan fingerprint density at radius 3 is 1.40 bits per heavy atom. The van der Waals surface area contributed by atoms with Gasteiger partial charge in [-0.05, 0) is 34.2 Å². The summed E-state index contributed by atoms with van der Waals surface area (Å²) in [7, 11) is 0. The molecular formula is C43H43NO6. The largest absolute Gasteiger partial charge is 0.445 e. The van der Waals surface area contributed by atoms with E-state index in [4.69, 9.17) is 18.9 Å². The number of hydrogen-bond acceptors (Lipinski definition) is 6. The summed E-state index contributed by atoms with van der Waals surface area (Å²) in [6.07, 6.45) is -2.46. The molecule has 5 aromatic rings. The minimum atomic E-state index is -0.927. The third kappa shape index (κ3) is 9.76. The molecular weight excluding hydrogens is 626 g/mol. The van der Waals surface area contributed by atoms with E-state index in [-0.39, 0.29) is 45.2 Å². The summed E-state index contributed by atoms with van der Waals surface area (Å²) in [5.41, 5.74) is 4.67. The first-order valence-corrected chi connectivity index (χ1v) is 17.1. The van der Waals surface area contributed by atoms with E-state index in [0.29, 0.717) is 6.42 Å². The fourth-order valence-electron chi connectivity index (χ4n) is 6.27. The van der Waals surface area contributed by atoms with Crippen LogP contribution in [0.25, 0.3) is 0 Å². The second-order valence-corrected chi connectivity index (χ2v) is 12.5. The van der Waals surface area contributed by atoms with Gasteiger partial charge < -0.3 is 18.9 Å². The molecule has 5 aromatic carbocycles. The van der Waals surface area contributed by atoms with E-state index >= 15 is 0 Å². The average molecular weight is 670 g/mol. The molecule has 7 nitrogen and oxygen atoms in total. The zero-order valence-corrected chi connectivity index (χ0v) is 28.1. The highest BCUT2D eigenvalue weighted by molar-refractivity contribution is 5.84. The predicted octanol–water partition coefficient (Wildman–Crippen LogP) is 8.31. The summed E-state index contributed by atoms with van der Waals surface area (Å²) in [6.45, 7) is 1.10. The number of Topliss-reactive ketones (excluding diaryl/α,β-unsaturated/α-hetero) is 1. The number of ether oxygens (including phenoxy) is 4. The van der Waals surface area contributed by atoms with E-state index < -0.39 is 30.4 Å². The average Bonchev–Trinajstić information content (AvgIpc) is 3.30. The van der Waals surface area contributed by atoms with Crippen LogP contribution < -0.4 is 0 Å². The molecule has 1 amide bonds. The van der Waals surface area contributed by atoms with Gasteiger partial charge in [-0.25, -0.2) is 4.79 Å². The first-order chi connectivity index (χ1) is 24.6. The lowest BCUT2D eigenvalue weighted by molar-refractivity contribution is -0.171. The van der Waals surface area contributed by atoms with Crippen LogP contribution in [0.5, 0.6) is 0 Å². The van der Waals surface area contributed by atoms with Gasteiger partial charge in [0.1, 0.15) is 24.9 Å². The van der Waals surface area contributed by atoms with Crippen LogP contribution in [-0.4, -0.2) is 41.1 Å². The van der Waals surface area contributed by atoms with Gasteiger partial charge in [0.15, 0.2) is 5.78 Å². The van der Waals surface area contributed by atoms with Crippen molar-refractivity contribution in [3.8, 4) is 0 Å². The summed E-state index contributed by atoms with van der Waals surface area (Å²) in [6, 6.07) is 48.3. The Bertz CT molecular complexity index is 1740. The topological polar surface area (TPSA) is 74.3 Å². The Balaban J connectivity index is 1.37. The van der Waals surface area contributed by atoms with Crippen LogP contribution in [0.1, 0.15) is 40.7 Å². The van der Waals surface area contributed by atoms with Crippen molar-refractivity contribution in [3.63, 3.8) is 0 Å². The number of amides is 1. The third-order valence-electron chi connectivity index (χ3n) is 8.88. The molecule has 0 aromatic heterocycles. The van der Waals surface area contributed by atoms with Gasteiger partial charge in [0.2, 0.25) is 0 Å². The molecule has 0 bridgehead atoms. The fourth-order valence-corrected chi connectivity index (χ4v) is 6.27. The van der Waals surface area contributed by atoms with Crippen LogP contribution in [-0.2, 0) is 56.7 Å². The van der Waals surface area contributed by atoms with E-state index in [1.54, 1.807) is 4.90 Å². The lowest BCUT2D eigenvalue weighted by Crippen LogP contribution is -2.55. The first kappa shape index (κ1) is 34.8. The molecule has 1 saturated carbocycles. The molecule has 0 unspecified atom stereocenters. The molecule has 0 saturated heterocycles. The maximum absolute atomic E-state index is 14.2. The van der Waals surface area contributed by atoms with Gasteiger partial charge in [-0.3, -0.25) is 9.69 Å². The Kier molecular flexibility index (Phi) is 12.6. The van der Waals surface area contributed by atoms with Crippen LogP contribution in [0.4, 0.5) is 4.79 Å². The van der Waals surface area contributed by atoms with Crippen molar-refractivity contribution in [1.82, 2.24) is 4.90 Å². The number of hydrogen-bond donors (Lipinski definition) is 0. The van der Waals surface area contributed by atoms with Gasteiger partial charge in [0, 0.05) is 13.0 Å². The summed E-state index contributed by atoms with van der Waals surface area (Å²) < 4.78 is 26.0. The summed E-state index contributed by atoms with van der Waals surface area (Å²) in [5, 5.41) is 0. The van der Waals surface area contributed by atoms with E-state index in [2.05, 4.69) is 0 Å². The molecule has 256 valence electrons. The van der Waals surface area contributed by atoms with Crippen molar-refractivity contribution in [2.24, 2.45) is 0 Å². The van der Waals surface area contributed by atoms with Crippen LogP contribution in [0.2, 0.25) is 0 Å². The normalized spacial score (nSPS) is 19.0. The van der Waals surface area contributed by atoms with Gasteiger partial charge in [-0.2, -0.15) is 0 Å². The van der Waals surface area contributed by atoms with Gasteiger partial charge in [-0.15, -0.1) is 0 Å². The number of rotatable bonds is 14. The van der Waals surface area contributed by atoms with Crippen molar-refractivity contribution < 1.29 is 28.5 Å². The van der Waals surface area contributed by atoms with Crippen molar-refractivity contribution in [1.29, 1.82) is 0 Å². The van der Waals surface area contributed by atoms with E-state index in [0.717, 1.165) is 27.8 Å². The molecule has 0 aliphatic heterocycles. The molecule has 1 aliphatic carbocycles. The number of carbonyl (C=O) groups is 2. The van der Waals surface area contributed by atoms with E-state index in [1.807, 2.05) is 152 Å². The van der Waals surface area contributed by atoms with Crippen LogP contribution in [0.3, 0.4) is 0 Å². The van der Waals surface area contributed by atoms with Crippen LogP contribution in [0, 0.1) is 0 Å². The second kappa shape index (κ2) is 18.1. The van der Waals surface area contributed by atoms with Crippen molar-refractivity contribution in [2.45, 2.75) is 70.2 Å². The van der Waals surface area contributed by atoms with Gasteiger partial charge >= 0.3 is 6.09 Å². The lowest BCUT2D eigenvalue weighted by Gasteiger charge is -2.39. The Morgan fingerprint density at radius 1 is 0.520 bits per heavy atom. The highest BCUT2D eigenvalue weighted by atomic mass is 16.6. The van der Waals surface area contributed by atoms with Crippen LogP contribution in [0.15, 0.2) is 152 Å².